The second-order valence-electron chi connectivity index (χ2n) is 5.93. The SMILES string of the molecule is C[C@@H]1[C@H](C)CCC[C@H]1NC(=O)/C(C#N)=C/c1ccccc1. The number of nitrogens with one attached hydrogen (secondary N) is 1. The quantitative estimate of drug-likeness (QED) is 0.681. The largest absolute Gasteiger partial charge is 0.348 e. The van der Waals surface area contributed by atoms with E-state index in [-0.39, 0.29) is 17.5 Å². The van der Waals surface area contributed by atoms with E-state index in [4.69, 9.17) is 0 Å². The normalized spacial score (nSPS) is 26.0. The number of rotatable bonds is 3. The Balaban J connectivity index is 2.07. The minimum atomic E-state index is -0.257. The highest BCUT2D eigenvalue weighted by molar-refractivity contribution is 6.01. The number of hydrogen-bond donors (Lipinski definition) is 1. The summed E-state index contributed by atoms with van der Waals surface area (Å²) in [6.45, 7) is 4.41. The van der Waals surface area contributed by atoms with Crippen LogP contribution in [0.4, 0.5) is 0 Å². The zero-order chi connectivity index (χ0) is 15.2. The van der Waals surface area contributed by atoms with Crippen molar-refractivity contribution >= 4 is 12.0 Å². The van der Waals surface area contributed by atoms with E-state index in [1.807, 2.05) is 36.4 Å². The fraction of sp³-hybridized carbons (Fsp3) is 0.444. The van der Waals surface area contributed by atoms with Crippen LogP contribution in [0.2, 0.25) is 0 Å². The van der Waals surface area contributed by atoms with Gasteiger partial charge in [0.05, 0.1) is 0 Å². The van der Waals surface area contributed by atoms with E-state index in [9.17, 15) is 10.1 Å². The second kappa shape index (κ2) is 7.08. The molecule has 3 heteroatoms. The van der Waals surface area contributed by atoms with E-state index in [1.165, 1.54) is 6.42 Å². The molecule has 1 fully saturated rings. The number of nitriles is 1. The summed E-state index contributed by atoms with van der Waals surface area (Å²) in [5.41, 5.74) is 1.04. The van der Waals surface area contributed by atoms with Crippen molar-refractivity contribution in [2.45, 2.75) is 39.2 Å². The van der Waals surface area contributed by atoms with Gasteiger partial charge < -0.3 is 5.32 Å². The van der Waals surface area contributed by atoms with Gasteiger partial charge in [-0.25, -0.2) is 0 Å². The molecule has 0 aliphatic heterocycles. The predicted octanol–water partition coefficient (Wildman–Crippen LogP) is 3.53. The molecule has 21 heavy (non-hydrogen) atoms. The van der Waals surface area contributed by atoms with Gasteiger partial charge in [0.2, 0.25) is 0 Å². The molecule has 110 valence electrons. The first kappa shape index (κ1) is 15.3. The molecule has 0 saturated heterocycles. The third kappa shape index (κ3) is 3.95. The second-order valence-corrected chi connectivity index (χ2v) is 5.93. The molecule has 1 aliphatic carbocycles. The zero-order valence-corrected chi connectivity index (χ0v) is 12.7. The lowest BCUT2D eigenvalue weighted by molar-refractivity contribution is -0.118. The van der Waals surface area contributed by atoms with Crippen LogP contribution in [-0.4, -0.2) is 11.9 Å². The molecule has 1 amide bonds. The summed E-state index contributed by atoms with van der Waals surface area (Å²) >= 11 is 0. The van der Waals surface area contributed by atoms with Gasteiger partial charge in [-0.2, -0.15) is 5.26 Å². The van der Waals surface area contributed by atoms with Gasteiger partial charge in [-0.15, -0.1) is 0 Å². The Morgan fingerprint density at radius 2 is 2.00 bits per heavy atom. The summed E-state index contributed by atoms with van der Waals surface area (Å²) in [5.74, 6) is 0.819. The third-order valence-corrected chi connectivity index (χ3v) is 4.50. The monoisotopic (exact) mass is 282 g/mol. The predicted molar refractivity (Wildman–Crippen MR) is 84.1 cm³/mol. The number of nitrogens with zero attached hydrogens (tertiary/aromatic N) is 1. The summed E-state index contributed by atoms with van der Waals surface area (Å²) in [4.78, 5) is 12.3. The van der Waals surface area contributed by atoms with E-state index in [2.05, 4.69) is 19.2 Å². The standard InChI is InChI=1S/C18H22N2O/c1-13-7-6-10-17(14(13)2)20-18(21)16(12-19)11-15-8-4-3-5-9-15/h3-5,8-9,11,13-14,17H,6-7,10H2,1-2H3,(H,20,21)/b16-11+/t13-,14-,17-/m1/s1. The van der Waals surface area contributed by atoms with Crippen molar-refractivity contribution in [2.24, 2.45) is 11.8 Å². The molecule has 1 aromatic rings. The zero-order valence-electron chi connectivity index (χ0n) is 12.7. The molecule has 1 aromatic carbocycles. The van der Waals surface area contributed by atoms with E-state index in [1.54, 1.807) is 6.08 Å². The molecule has 0 aromatic heterocycles. The van der Waals surface area contributed by atoms with Crippen molar-refractivity contribution in [1.29, 1.82) is 5.26 Å². The number of benzene rings is 1. The van der Waals surface area contributed by atoms with Gasteiger partial charge in [0.25, 0.3) is 5.91 Å². The lowest BCUT2D eigenvalue weighted by Gasteiger charge is -2.34. The number of amides is 1. The molecule has 1 aliphatic rings. The van der Waals surface area contributed by atoms with Crippen molar-refractivity contribution in [1.82, 2.24) is 5.32 Å². The summed E-state index contributed by atoms with van der Waals surface area (Å²) in [6, 6.07) is 11.7. The molecule has 0 spiro atoms. The maximum absolute atomic E-state index is 12.3. The molecule has 3 atom stereocenters. The molecule has 1 N–H and O–H groups in total. The van der Waals surface area contributed by atoms with Crippen LogP contribution in [-0.2, 0) is 4.79 Å². The van der Waals surface area contributed by atoms with Gasteiger partial charge in [-0.3, -0.25) is 4.79 Å². The number of hydrogen-bond acceptors (Lipinski definition) is 2. The summed E-state index contributed by atoms with van der Waals surface area (Å²) in [5, 5.41) is 12.3. The molecule has 0 heterocycles. The average molecular weight is 282 g/mol. The fourth-order valence-electron chi connectivity index (χ4n) is 2.90. The van der Waals surface area contributed by atoms with Gasteiger partial charge in [0.1, 0.15) is 11.6 Å². The Morgan fingerprint density at radius 1 is 1.29 bits per heavy atom. The first-order chi connectivity index (χ1) is 10.1. The molecular weight excluding hydrogens is 260 g/mol. The Morgan fingerprint density at radius 3 is 2.67 bits per heavy atom. The molecule has 1 saturated carbocycles. The average Bonchev–Trinajstić information content (AvgIpc) is 2.50. The first-order valence-corrected chi connectivity index (χ1v) is 7.59. The van der Waals surface area contributed by atoms with Crippen molar-refractivity contribution in [3.8, 4) is 6.07 Å². The van der Waals surface area contributed by atoms with Crippen LogP contribution in [0.1, 0.15) is 38.7 Å². The maximum atomic E-state index is 12.3. The molecule has 2 rings (SSSR count). The van der Waals surface area contributed by atoms with Gasteiger partial charge in [0.15, 0.2) is 0 Å². The topological polar surface area (TPSA) is 52.9 Å². The lowest BCUT2D eigenvalue weighted by atomic mass is 9.78. The summed E-state index contributed by atoms with van der Waals surface area (Å²) < 4.78 is 0. The Labute approximate surface area is 126 Å². The van der Waals surface area contributed by atoms with Gasteiger partial charge in [0, 0.05) is 6.04 Å². The van der Waals surface area contributed by atoms with E-state index < -0.39 is 0 Å². The number of carbonyl (C=O) groups is 1. The highest BCUT2D eigenvalue weighted by atomic mass is 16.1. The third-order valence-electron chi connectivity index (χ3n) is 4.50. The highest BCUT2D eigenvalue weighted by Gasteiger charge is 2.28. The highest BCUT2D eigenvalue weighted by Crippen LogP contribution is 2.29. The van der Waals surface area contributed by atoms with E-state index in [0.29, 0.717) is 11.8 Å². The van der Waals surface area contributed by atoms with Crippen LogP contribution in [0.25, 0.3) is 6.08 Å². The van der Waals surface area contributed by atoms with Gasteiger partial charge >= 0.3 is 0 Å². The fourth-order valence-corrected chi connectivity index (χ4v) is 2.90. The summed E-state index contributed by atoms with van der Waals surface area (Å²) in [7, 11) is 0. The van der Waals surface area contributed by atoms with Crippen LogP contribution in [0.3, 0.4) is 0 Å². The van der Waals surface area contributed by atoms with Gasteiger partial charge in [-0.05, 0) is 29.9 Å². The summed E-state index contributed by atoms with van der Waals surface area (Å²) in [6.07, 6.45) is 5.01. The molecule has 0 unspecified atom stereocenters. The molecular formula is C18H22N2O. The molecule has 0 radical (unpaired) electrons. The molecule has 0 bridgehead atoms. The van der Waals surface area contributed by atoms with Crippen LogP contribution in [0.15, 0.2) is 35.9 Å². The van der Waals surface area contributed by atoms with E-state index in [0.717, 1.165) is 18.4 Å². The Kier molecular flexibility index (Phi) is 5.16. The number of carbonyl (C=O) groups excluding carboxylic acids is 1. The maximum Gasteiger partial charge on any atom is 0.262 e. The van der Waals surface area contributed by atoms with Gasteiger partial charge in [-0.1, -0.05) is 57.0 Å². The Bertz CT molecular complexity index is 556. The van der Waals surface area contributed by atoms with Crippen LogP contribution < -0.4 is 5.32 Å². The Hall–Kier alpha value is -2.08. The van der Waals surface area contributed by atoms with Crippen molar-refractivity contribution in [3.63, 3.8) is 0 Å². The van der Waals surface area contributed by atoms with Crippen molar-refractivity contribution in [3.05, 3.63) is 41.5 Å². The van der Waals surface area contributed by atoms with Crippen molar-refractivity contribution < 1.29 is 4.79 Å². The smallest absolute Gasteiger partial charge is 0.262 e. The minimum Gasteiger partial charge on any atom is -0.348 e. The molecule has 3 nitrogen and oxygen atoms in total. The van der Waals surface area contributed by atoms with Crippen LogP contribution in [0.5, 0.6) is 0 Å². The minimum absolute atomic E-state index is 0.173. The van der Waals surface area contributed by atoms with E-state index >= 15 is 0 Å². The van der Waals surface area contributed by atoms with Crippen molar-refractivity contribution in [2.75, 3.05) is 0 Å². The first-order valence-electron chi connectivity index (χ1n) is 7.59. The van der Waals surface area contributed by atoms with Crippen LogP contribution >= 0.6 is 0 Å². The lowest BCUT2D eigenvalue weighted by Crippen LogP contribution is -2.44. The van der Waals surface area contributed by atoms with Crippen LogP contribution in [0, 0.1) is 23.2 Å².